The maximum absolute atomic E-state index is 11.3. The summed E-state index contributed by atoms with van der Waals surface area (Å²) in [6, 6.07) is -1.21. The van der Waals surface area contributed by atoms with Crippen molar-refractivity contribution >= 4 is 12.0 Å². The second-order valence-electron chi connectivity index (χ2n) is 4.24. The predicted molar refractivity (Wildman–Crippen MR) is 62.3 cm³/mol. The zero-order chi connectivity index (χ0) is 12.6. The SMILES string of the molecule is CC[C@H](NC(=O)NCCCC(C)C)C(=O)O. The van der Waals surface area contributed by atoms with Gasteiger partial charge in [-0.15, -0.1) is 0 Å². The first-order chi connectivity index (χ1) is 7.47. The molecule has 1 atom stereocenters. The zero-order valence-corrected chi connectivity index (χ0v) is 10.2. The maximum Gasteiger partial charge on any atom is 0.326 e. The van der Waals surface area contributed by atoms with Gasteiger partial charge >= 0.3 is 12.0 Å². The fourth-order valence-electron chi connectivity index (χ4n) is 1.26. The second kappa shape index (κ2) is 7.96. The molecule has 3 N–H and O–H groups in total. The first-order valence-corrected chi connectivity index (χ1v) is 5.74. The normalized spacial score (nSPS) is 12.2. The highest BCUT2D eigenvalue weighted by atomic mass is 16.4. The first-order valence-electron chi connectivity index (χ1n) is 5.74. The number of hydrogen-bond acceptors (Lipinski definition) is 2. The Kier molecular flexibility index (Phi) is 7.33. The smallest absolute Gasteiger partial charge is 0.326 e. The van der Waals surface area contributed by atoms with E-state index in [4.69, 9.17) is 5.11 Å². The summed E-state index contributed by atoms with van der Waals surface area (Å²) in [7, 11) is 0. The molecule has 0 unspecified atom stereocenters. The lowest BCUT2D eigenvalue weighted by atomic mass is 10.1. The van der Waals surface area contributed by atoms with Crippen LogP contribution in [0.3, 0.4) is 0 Å². The van der Waals surface area contributed by atoms with Crippen LogP contribution in [0, 0.1) is 5.92 Å². The molecule has 5 heteroatoms. The first kappa shape index (κ1) is 14.7. The van der Waals surface area contributed by atoms with Crippen LogP contribution < -0.4 is 10.6 Å². The lowest BCUT2D eigenvalue weighted by Gasteiger charge is -2.13. The molecular formula is C11H22N2O3. The molecule has 94 valence electrons. The van der Waals surface area contributed by atoms with Gasteiger partial charge in [0, 0.05) is 6.54 Å². The molecule has 0 aromatic rings. The number of nitrogens with one attached hydrogen (secondary N) is 2. The van der Waals surface area contributed by atoms with Gasteiger partial charge in [0.15, 0.2) is 0 Å². The van der Waals surface area contributed by atoms with Crippen molar-refractivity contribution in [2.75, 3.05) is 6.54 Å². The molecule has 0 spiro atoms. The van der Waals surface area contributed by atoms with Crippen LogP contribution in [-0.4, -0.2) is 29.7 Å². The number of amides is 2. The second-order valence-corrected chi connectivity index (χ2v) is 4.24. The third-order valence-corrected chi connectivity index (χ3v) is 2.26. The van der Waals surface area contributed by atoms with Crippen LogP contribution in [0.25, 0.3) is 0 Å². The zero-order valence-electron chi connectivity index (χ0n) is 10.2. The number of aliphatic carboxylic acids is 1. The summed E-state index contributed by atoms with van der Waals surface area (Å²) in [5.74, 6) is -0.382. The molecule has 0 radical (unpaired) electrons. The van der Waals surface area contributed by atoms with Gasteiger partial charge in [0.25, 0.3) is 0 Å². The summed E-state index contributed by atoms with van der Waals surface area (Å²) < 4.78 is 0. The van der Waals surface area contributed by atoms with Crippen LogP contribution in [0.4, 0.5) is 4.79 Å². The van der Waals surface area contributed by atoms with Crippen LogP contribution in [0.1, 0.15) is 40.0 Å². The number of carboxylic acid groups (broad SMARTS) is 1. The van der Waals surface area contributed by atoms with E-state index in [-0.39, 0.29) is 0 Å². The highest BCUT2D eigenvalue weighted by Crippen LogP contribution is 2.01. The van der Waals surface area contributed by atoms with Crippen molar-refractivity contribution in [3.8, 4) is 0 Å². The summed E-state index contributed by atoms with van der Waals surface area (Å²) in [6.07, 6.45) is 2.35. The van der Waals surface area contributed by atoms with E-state index in [0.29, 0.717) is 18.9 Å². The van der Waals surface area contributed by atoms with Crippen LogP contribution in [0.15, 0.2) is 0 Å². The van der Waals surface area contributed by atoms with Gasteiger partial charge in [0.05, 0.1) is 0 Å². The Morgan fingerprint density at radius 1 is 1.31 bits per heavy atom. The number of carboxylic acids is 1. The molecule has 0 saturated heterocycles. The van der Waals surface area contributed by atoms with E-state index in [1.54, 1.807) is 6.92 Å². The minimum atomic E-state index is -1.00. The predicted octanol–water partition coefficient (Wildman–Crippen LogP) is 1.58. The molecule has 0 heterocycles. The maximum atomic E-state index is 11.3. The molecule has 0 aliphatic heterocycles. The molecule has 0 bridgehead atoms. The van der Waals surface area contributed by atoms with Gasteiger partial charge in [-0.1, -0.05) is 20.8 Å². The monoisotopic (exact) mass is 230 g/mol. The molecule has 0 saturated carbocycles. The molecule has 0 fully saturated rings. The number of carbonyl (C=O) groups excluding carboxylic acids is 1. The van der Waals surface area contributed by atoms with Gasteiger partial charge in [0.2, 0.25) is 0 Å². The van der Waals surface area contributed by atoms with E-state index < -0.39 is 18.0 Å². The van der Waals surface area contributed by atoms with Crippen molar-refractivity contribution in [2.45, 2.75) is 46.1 Å². The Morgan fingerprint density at radius 3 is 2.38 bits per heavy atom. The van der Waals surface area contributed by atoms with Crippen LogP contribution in [-0.2, 0) is 4.79 Å². The van der Waals surface area contributed by atoms with E-state index in [2.05, 4.69) is 24.5 Å². The number of hydrogen-bond donors (Lipinski definition) is 3. The van der Waals surface area contributed by atoms with E-state index in [1.165, 1.54) is 0 Å². The molecule has 2 amide bonds. The van der Waals surface area contributed by atoms with E-state index in [1.807, 2.05) is 0 Å². The van der Waals surface area contributed by atoms with Crippen LogP contribution in [0.2, 0.25) is 0 Å². The largest absolute Gasteiger partial charge is 0.480 e. The van der Waals surface area contributed by atoms with Gasteiger partial charge in [0.1, 0.15) is 6.04 Å². The third-order valence-electron chi connectivity index (χ3n) is 2.26. The topological polar surface area (TPSA) is 78.4 Å². The third kappa shape index (κ3) is 7.09. The van der Waals surface area contributed by atoms with Gasteiger partial charge in [-0.2, -0.15) is 0 Å². The van der Waals surface area contributed by atoms with Crippen LogP contribution >= 0.6 is 0 Å². The van der Waals surface area contributed by atoms with Gasteiger partial charge in [-0.25, -0.2) is 9.59 Å². The van der Waals surface area contributed by atoms with Gasteiger partial charge in [-0.3, -0.25) is 0 Å². The molecule has 5 nitrogen and oxygen atoms in total. The quantitative estimate of drug-likeness (QED) is 0.581. The number of urea groups is 1. The Labute approximate surface area is 96.6 Å². The lowest BCUT2D eigenvalue weighted by Crippen LogP contribution is -2.45. The fraction of sp³-hybridized carbons (Fsp3) is 0.818. The van der Waals surface area contributed by atoms with Crippen LogP contribution in [0.5, 0.6) is 0 Å². The van der Waals surface area contributed by atoms with Gasteiger partial charge in [-0.05, 0) is 25.2 Å². The molecule has 16 heavy (non-hydrogen) atoms. The summed E-state index contributed by atoms with van der Waals surface area (Å²) >= 11 is 0. The lowest BCUT2D eigenvalue weighted by molar-refractivity contribution is -0.139. The van der Waals surface area contributed by atoms with E-state index in [0.717, 1.165) is 12.8 Å². The molecule has 0 aliphatic rings. The summed E-state index contributed by atoms with van der Waals surface area (Å²) in [4.78, 5) is 21.9. The summed E-state index contributed by atoms with van der Waals surface area (Å²) in [5, 5.41) is 13.8. The molecule has 0 aromatic heterocycles. The molecule has 0 rings (SSSR count). The van der Waals surface area contributed by atoms with E-state index >= 15 is 0 Å². The molecule has 0 aliphatic carbocycles. The average molecular weight is 230 g/mol. The number of rotatable bonds is 7. The summed E-state index contributed by atoms with van der Waals surface area (Å²) in [6.45, 7) is 6.55. The number of carbonyl (C=O) groups is 2. The summed E-state index contributed by atoms with van der Waals surface area (Å²) in [5.41, 5.74) is 0. The highest BCUT2D eigenvalue weighted by molar-refractivity contribution is 5.82. The average Bonchev–Trinajstić information content (AvgIpc) is 2.20. The molecular weight excluding hydrogens is 208 g/mol. The Bertz CT molecular complexity index is 229. The van der Waals surface area contributed by atoms with Crippen molar-refractivity contribution in [3.05, 3.63) is 0 Å². The Hall–Kier alpha value is -1.26. The van der Waals surface area contributed by atoms with E-state index in [9.17, 15) is 9.59 Å². The minimum absolute atomic E-state index is 0.384. The van der Waals surface area contributed by atoms with Crippen molar-refractivity contribution in [1.82, 2.24) is 10.6 Å². The molecule has 0 aromatic carbocycles. The standard InChI is InChI=1S/C11H22N2O3/c1-4-9(10(14)15)13-11(16)12-7-5-6-8(2)3/h8-9H,4-7H2,1-3H3,(H,14,15)(H2,12,13,16)/t9-/m0/s1. The Morgan fingerprint density at radius 2 is 1.94 bits per heavy atom. The van der Waals surface area contributed by atoms with Crippen molar-refractivity contribution in [1.29, 1.82) is 0 Å². The van der Waals surface area contributed by atoms with Crippen molar-refractivity contribution in [3.63, 3.8) is 0 Å². The van der Waals surface area contributed by atoms with Crippen molar-refractivity contribution in [2.24, 2.45) is 5.92 Å². The fourth-order valence-corrected chi connectivity index (χ4v) is 1.26. The highest BCUT2D eigenvalue weighted by Gasteiger charge is 2.16. The van der Waals surface area contributed by atoms with Crippen molar-refractivity contribution < 1.29 is 14.7 Å². The minimum Gasteiger partial charge on any atom is -0.480 e. The van der Waals surface area contributed by atoms with Gasteiger partial charge < -0.3 is 15.7 Å². The Balaban J connectivity index is 3.69.